The van der Waals surface area contributed by atoms with E-state index in [9.17, 15) is 16.8 Å². The topological polar surface area (TPSA) is 115 Å². The molecule has 188 valence electrons. The molecule has 1 aromatic heterocycles. The molecule has 0 unspecified atom stereocenters. The van der Waals surface area contributed by atoms with E-state index in [-0.39, 0.29) is 32.0 Å². The fourth-order valence-electron chi connectivity index (χ4n) is 3.98. The van der Waals surface area contributed by atoms with Gasteiger partial charge in [-0.25, -0.2) is 8.42 Å². The number of sulfonamides is 2. The summed E-state index contributed by atoms with van der Waals surface area (Å²) in [4.78, 5) is 0.0330. The maximum absolute atomic E-state index is 13.2. The molecule has 4 aromatic rings. The third-order valence-corrected chi connectivity index (χ3v) is 8.68. The molecule has 2 heterocycles. The summed E-state index contributed by atoms with van der Waals surface area (Å²) in [6, 6.07) is 17.1. The van der Waals surface area contributed by atoms with Crippen LogP contribution >= 0.6 is 11.6 Å². The van der Waals surface area contributed by atoms with Gasteiger partial charge in [-0.3, -0.25) is 9.44 Å². The summed E-state index contributed by atoms with van der Waals surface area (Å²) in [5.41, 5.74) is 0.841. The van der Waals surface area contributed by atoms with Crippen molar-refractivity contribution in [3.63, 3.8) is 0 Å². The summed E-state index contributed by atoms with van der Waals surface area (Å²) in [5.74, 6) is 0.649. The van der Waals surface area contributed by atoms with Gasteiger partial charge in [-0.05, 0) is 74.7 Å². The Morgan fingerprint density at radius 1 is 0.861 bits per heavy atom. The maximum atomic E-state index is 13.2. The Morgan fingerprint density at radius 3 is 2.39 bits per heavy atom. The number of benzene rings is 3. The van der Waals surface area contributed by atoms with Crippen molar-refractivity contribution in [3.05, 3.63) is 77.3 Å². The Labute approximate surface area is 214 Å². The first-order chi connectivity index (χ1) is 16.9. The van der Waals surface area contributed by atoms with Crippen molar-refractivity contribution >= 4 is 54.0 Å². The molecule has 8 nitrogen and oxygen atoms in total. The Kier molecular flexibility index (Phi) is 5.93. The van der Waals surface area contributed by atoms with Crippen LogP contribution in [0.25, 0.3) is 11.0 Å². The quantitative estimate of drug-likeness (QED) is 0.316. The molecule has 0 atom stereocenters. The van der Waals surface area contributed by atoms with Crippen LogP contribution in [0.1, 0.15) is 25.8 Å². The number of halogens is 1. The second kappa shape index (κ2) is 8.72. The van der Waals surface area contributed by atoms with Crippen LogP contribution < -0.4 is 14.2 Å². The summed E-state index contributed by atoms with van der Waals surface area (Å²) >= 11 is 6.10. The highest BCUT2D eigenvalue weighted by atomic mass is 35.5. The smallest absolute Gasteiger partial charge is 0.295 e. The van der Waals surface area contributed by atoms with Crippen LogP contribution in [0.3, 0.4) is 0 Å². The van der Waals surface area contributed by atoms with Crippen LogP contribution in [0, 0.1) is 0 Å². The number of hydrogen-bond acceptors (Lipinski definition) is 6. The Morgan fingerprint density at radius 2 is 1.61 bits per heavy atom. The third kappa shape index (κ3) is 4.88. The number of hydrogen-bond donors (Lipinski definition) is 2. The van der Waals surface area contributed by atoms with Crippen LogP contribution in [0.5, 0.6) is 5.75 Å². The van der Waals surface area contributed by atoms with Gasteiger partial charge in [0, 0.05) is 16.5 Å². The van der Waals surface area contributed by atoms with Crippen molar-refractivity contribution in [2.24, 2.45) is 0 Å². The van der Waals surface area contributed by atoms with E-state index in [1.54, 1.807) is 36.4 Å². The number of fused-ring (bicyclic) bond motifs is 2. The lowest BCUT2D eigenvalue weighted by Crippen LogP contribution is -2.32. The van der Waals surface area contributed by atoms with E-state index in [4.69, 9.17) is 20.8 Å². The van der Waals surface area contributed by atoms with E-state index < -0.39 is 20.0 Å². The summed E-state index contributed by atoms with van der Waals surface area (Å²) in [7, 11) is -8.24. The van der Waals surface area contributed by atoms with Gasteiger partial charge in [0.05, 0.1) is 16.3 Å². The van der Waals surface area contributed by atoms with E-state index in [0.717, 1.165) is 12.0 Å². The molecule has 0 saturated heterocycles. The van der Waals surface area contributed by atoms with Crippen LogP contribution in [0.2, 0.25) is 5.02 Å². The Balaban J connectivity index is 1.45. The summed E-state index contributed by atoms with van der Waals surface area (Å²) in [5, 5.41) is 0.522. The first kappa shape index (κ1) is 24.5. The first-order valence-electron chi connectivity index (χ1n) is 11.1. The van der Waals surface area contributed by atoms with Crippen LogP contribution in [0.15, 0.2) is 81.1 Å². The Bertz CT molecular complexity index is 1660. The number of aryl methyl sites for hydroxylation is 1. The molecular formula is C25H23ClN2O6S2. The molecule has 1 aliphatic heterocycles. The zero-order valence-corrected chi connectivity index (χ0v) is 21.8. The van der Waals surface area contributed by atoms with Crippen molar-refractivity contribution in [2.45, 2.75) is 42.3 Å². The molecular weight excluding hydrogens is 524 g/mol. The van der Waals surface area contributed by atoms with Crippen LogP contribution in [-0.4, -0.2) is 22.4 Å². The fraction of sp³-hybridized carbons (Fsp3) is 0.200. The number of nitrogens with one attached hydrogen (secondary N) is 2. The van der Waals surface area contributed by atoms with E-state index in [1.807, 2.05) is 13.8 Å². The standard InChI is InChI=1S/C25H23ClN2O6S2/c1-25(2)12-11-17-13-19(8-10-23(17)34-25)35(29,30)27-20-9-7-18(26)15-21(20)28-36(31,32)24-14-16-5-3-4-6-22(16)33-24/h3-10,13-15,27-28H,11-12H2,1-2H3. The number of furan rings is 1. The summed E-state index contributed by atoms with van der Waals surface area (Å²) < 4.78 is 68.8. The van der Waals surface area contributed by atoms with E-state index in [0.29, 0.717) is 23.1 Å². The predicted octanol–water partition coefficient (Wildman–Crippen LogP) is 5.79. The fourth-order valence-corrected chi connectivity index (χ4v) is 6.32. The van der Waals surface area contributed by atoms with Gasteiger partial charge < -0.3 is 9.15 Å². The largest absolute Gasteiger partial charge is 0.488 e. The van der Waals surface area contributed by atoms with Crippen molar-refractivity contribution in [2.75, 3.05) is 9.44 Å². The highest BCUT2D eigenvalue weighted by Crippen LogP contribution is 2.36. The summed E-state index contributed by atoms with van der Waals surface area (Å²) in [6.45, 7) is 3.97. The molecule has 0 saturated carbocycles. The normalized spacial score (nSPS) is 15.2. The van der Waals surface area contributed by atoms with Crippen molar-refractivity contribution < 1.29 is 26.0 Å². The summed E-state index contributed by atoms with van der Waals surface area (Å²) in [6.07, 6.45) is 1.43. The zero-order valence-electron chi connectivity index (χ0n) is 19.4. The minimum atomic E-state index is -4.18. The van der Waals surface area contributed by atoms with Gasteiger partial charge in [0.25, 0.3) is 20.0 Å². The molecule has 3 aromatic carbocycles. The molecule has 2 N–H and O–H groups in total. The van der Waals surface area contributed by atoms with E-state index >= 15 is 0 Å². The van der Waals surface area contributed by atoms with Gasteiger partial charge >= 0.3 is 0 Å². The van der Waals surface area contributed by atoms with Crippen molar-refractivity contribution in [3.8, 4) is 5.75 Å². The molecule has 5 rings (SSSR count). The number of anilines is 2. The molecule has 11 heteroatoms. The lowest BCUT2D eigenvalue weighted by molar-refractivity contribution is 0.0845. The molecule has 0 amide bonds. The van der Waals surface area contributed by atoms with Crippen molar-refractivity contribution in [1.29, 1.82) is 0 Å². The number of ether oxygens (including phenoxy) is 1. The van der Waals surface area contributed by atoms with Gasteiger partial charge in [-0.1, -0.05) is 29.8 Å². The monoisotopic (exact) mass is 546 g/mol. The average Bonchev–Trinajstić information content (AvgIpc) is 3.25. The SMILES string of the molecule is CC1(C)CCc2cc(S(=O)(=O)Nc3ccc(Cl)cc3NS(=O)(=O)c3cc4ccccc4o3)ccc2O1. The molecule has 0 spiro atoms. The van der Waals surface area contributed by atoms with Gasteiger partial charge in [-0.2, -0.15) is 8.42 Å². The molecule has 0 fully saturated rings. The zero-order chi connectivity index (χ0) is 25.7. The number of rotatable bonds is 6. The third-order valence-electron chi connectivity index (χ3n) is 5.86. The molecule has 36 heavy (non-hydrogen) atoms. The number of para-hydroxylation sites is 1. The first-order valence-corrected chi connectivity index (χ1v) is 14.4. The lowest BCUT2D eigenvalue weighted by Gasteiger charge is -2.32. The minimum Gasteiger partial charge on any atom is -0.488 e. The molecule has 0 aliphatic carbocycles. The molecule has 1 aliphatic rings. The van der Waals surface area contributed by atoms with Gasteiger partial charge in [-0.15, -0.1) is 0 Å². The highest BCUT2D eigenvalue weighted by Gasteiger charge is 2.28. The van der Waals surface area contributed by atoms with Gasteiger partial charge in [0.1, 0.15) is 16.9 Å². The molecule has 0 bridgehead atoms. The van der Waals surface area contributed by atoms with E-state index in [1.165, 1.54) is 30.3 Å². The van der Waals surface area contributed by atoms with Crippen LogP contribution in [-0.2, 0) is 26.5 Å². The maximum Gasteiger partial charge on any atom is 0.295 e. The minimum absolute atomic E-state index is 0.00851. The van der Waals surface area contributed by atoms with Gasteiger partial charge in [0.15, 0.2) is 0 Å². The second-order valence-corrected chi connectivity index (χ2v) is 12.9. The van der Waals surface area contributed by atoms with Crippen LogP contribution in [0.4, 0.5) is 11.4 Å². The predicted molar refractivity (Wildman–Crippen MR) is 139 cm³/mol. The second-order valence-electron chi connectivity index (χ2n) is 9.14. The van der Waals surface area contributed by atoms with E-state index in [2.05, 4.69) is 9.44 Å². The Hall–Kier alpha value is -3.21. The lowest BCUT2D eigenvalue weighted by atomic mass is 9.94. The van der Waals surface area contributed by atoms with Gasteiger partial charge in [0.2, 0.25) is 5.09 Å². The highest BCUT2D eigenvalue weighted by molar-refractivity contribution is 7.93. The molecule has 0 radical (unpaired) electrons. The van der Waals surface area contributed by atoms with Crippen molar-refractivity contribution in [1.82, 2.24) is 0 Å². The average molecular weight is 547 g/mol.